The standard InChI is InChI=1S/C67H107N15O26/c1-9-33(6)54(81-61(101)41(21-25-51(94)95)73-58(98)39(19-23-49(90)91)75-66(106)55(35(8)84)82-57(97)37(69)17-13-14-26-68)65(105)78-44(30-83)63(103)74-40(20-24-50(92)93)60(100)80-53(32(4)5)64(104)76-42(28-46(70)86)62(102)79-52(31(2)3)45(85)29-47(87)71-34(7)56(96)72-38(18-22-48(88)89)59(99)77-43(67(107)108)27-36-15-11-10-12-16-36/h10-12,15-16,31-35,37-45,52-55,83-85H,9,13-14,17-30,68-69H2,1-8H3,(H2,70,86)(H,71,87)(H,72,96)(H,73,98)(H,74,103)(H,75,106)(H,76,104)(H,77,99)(H,78,105)(H,79,102)(H,80,100)(H,81,101)(H,82,97)(H,88,89)(H,90,91)(H,92,93)(H,94,95)(H,107,108)/t33-,34-,35+,37-,38-,39-,40-,41+,42-,43-,44-,45-,52-,53-,54-,55-/m0/s1. The maximum atomic E-state index is 14.1. The molecule has 26 N–H and O–H groups in total. The molecule has 41 nitrogen and oxygen atoms in total. The van der Waals surface area contributed by atoms with Crippen molar-refractivity contribution in [3.8, 4) is 0 Å². The lowest BCUT2D eigenvalue weighted by molar-refractivity contribution is -0.143. The number of nitrogens with two attached hydrogens (primary N) is 3. The summed E-state index contributed by atoms with van der Waals surface area (Å²) in [6, 6.07) is -13.6. The number of carbonyl (C=O) groups is 18. The number of primary amides is 1. The number of rotatable bonds is 53. The summed E-state index contributed by atoms with van der Waals surface area (Å²) in [5.41, 5.74) is 17.4. The second kappa shape index (κ2) is 48.6. The molecule has 1 aromatic rings. The van der Waals surface area contributed by atoms with Gasteiger partial charge in [-0.1, -0.05) is 84.7 Å². The average molecular weight is 1540 g/mol. The van der Waals surface area contributed by atoms with E-state index in [-0.39, 0.29) is 19.3 Å². The van der Waals surface area contributed by atoms with Crippen molar-refractivity contribution in [2.45, 2.75) is 242 Å². The van der Waals surface area contributed by atoms with Crippen LogP contribution in [0.25, 0.3) is 0 Å². The first kappa shape index (κ1) is 95.5. The van der Waals surface area contributed by atoms with Gasteiger partial charge in [-0.05, 0) is 82.2 Å². The smallest absolute Gasteiger partial charge is 0.326 e. The molecule has 1 aromatic carbocycles. The van der Waals surface area contributed by atoms with E-state index in [1.807, 2.05) is 0 Å². The largest absolute Gasteiger partial charge is 0.481 e. The van der Waals surface area contributed by atoms with Crippen molar-refractivity contribution >= 4 is 107 Å². The van der Waals surface area contributed by atoms with Crippen LogP contribution in [0.2, 0.25) is 0 Å². The molecule has 0 saturated heterocycles. The maximum absolute atomic E-state index is 14.1. The van der Waals surface area contributed by atoms with E-state index in [2.05, 4.69) is 63.8 Å². The Morgan fingerprint density at radius 3 is 1.22 bits per heavy atom. The Balaban J connectivity index is 3.44. The molecule has 13 amide bonds. The zero-order valence-corrected chi connectivity index (χ0v) is 61.5. The SMILES string of the molecule is CC[C@H](C)[C@H](NC(=O)[C@@H](CCC(=O)O)NC(=O)[C@H](CCC(=O)O)NC(=O)[C@@H](NC(=O)[C@@H](N)CCCCN)[C@@H](C)O)C(=O)N[C@@H](CO)C(=O)N[C@@H](CCC(=O)O)C(=O)N[C@H](C(=O)N[C@@H](CC(N)=O)C(=O)N[C@@H](C(C)C)[C@@H](O)CC(=O)N[C@@H](C)C(=O)N[C@@H](CCC(=O)O)C(=O)N[C@@H](Cc1ccccc1)C(=O)O)C(C)C. The van der Waals surface area contributed by atoms with E-state index >= 15 is 0 Å². The minimum absolute atomic E-state index is 0.0823. The van der Waals surface area contributed by atoms with Gasteiger partial charge in [0.25, 0.3) is 0 Å². The lowest BCUT2D eigenvalue weighted by atomic mass is 9.95. The van der Waals surface area contributed by atoms with Crippen molar-refractivity contribution in [3.05, 3.63) is 35.9 Å². The van der Waals surface area contributed by atoms with Gasteiger partial charge in [0.1, 0.15) is 66.5 Å². The van der Waals surface area contributed by atoms with E-state index in [1.54, 1.807) is 37.3 Å². The summed E-state index contributed by atoms with van der Waals surface area (Å²) >= 11 is 0. The maximum Gasteiger partial charge on any atom is 0.326 e. The molecule has 0 aliphatic heterocycles. The first-order chi connectivity index (χ1) is 50.5. The second-order valence-electron chi connectivity index (χ2n) is 26.6. The van der Waals surface area contributed by atoms with Gasteiger partial charge < -0.3 is 122 Å². The Morgan fingerprint density at radius 2 is 0.806 bits per heavy atom. The molecule has 606 valence electrons. The van der Waals surface area contributed by atoms with E-state index in [0.29, 0.717) is 24.9 Å². The highest BCUT2D eigenvalue weighted by molar-refractivity contribution is 6.00. The van der Waals surface area contributed by atoms with Crippen molar-refractivity contribution in [1.82, 2.24) is 63.8 Å². The van der Waals surface area contributed by atoms with E-state index < -0.39 is 286 Å². The van der Waals surface area contributed by atoms with Crippen LogP contribution in [0.3, 0.4) is 0 Å². The van der Waals surface area contributed by atoms with Gasteiger partial charge in [-0.25, -0.2) is 4.79 Å². The molecular weight excluding hydrogens is 1430 g/mol. The van der Waals surface area contributed by atoms with Gasteiger partial charge in [0, 0.05) is 32.1 Å². The molecule has 0 bridgehead atoms. The fourth-order valence-corrected chi connectivity index (χ4v) is 10.4. The van der Waals surface area contributed by atoms with Crippen molar-refractivity contribution in [2.75, 3.05) is 13.2 Å². The summed E-state index contributed by atoms with van der Waals surface area (Å²) in [4.78, 5) is 236. The van der Waals surface area contributed by atoms with Crippen LogP contribution in [-0.2, 0) is 92.7 Å². The van der Waals surface area contributed by atoms with Crippen molar-refractivity contribution in [3.63, 3.8) is 0 Å². The first-order valence-corrected chi connectivity index (χ1v) is 35.0. The summed E-state index contributed by atoms with van der Waals surface area (Å²) in [7, 11) is 0. The third-order valence-electron chi connectivity index (χ3n) is 16.9. The average Bonchev–Trinajstić information content (AvgIpc) is 0.851. The van der Waals surface area contributed by atoms with Crippen LogP contribution in [0.4, 0.5) is 0 Å². The van der Waals surface area contributed by atoms with Crippen LogP contribution >= 0.6 is 0 Å². The van der Waals surface area contributed by atoms with Crippen LogP contribution in [0.15, 0.2) is 30.3 Å². The molecule has 0 radical (unpaired) electrons. The van der Waals surface area contributed by atoms with E-state index in [0.717, 1.165) is 6.92 Å². The molecule has 1 rings (SSSR count). The highest BCUT2D eigenvalue weighted by Gasteiger charge is 2.40. The van der Waals surface area contributed by atoms with E-state index in [9.17, 15) is 127 Å². The van der Waals surface area contributed by atoms with Crippen LogP contribution in [0.1, 0.15) is 151 Å². The Morgan fingerprint density at radius 1 is 0.417 bits per heavy atom. The van der Waals surface area contributed by atoms with Crippen molar-refractivity contribution < 1.29 is 127 Å². The van der Waals surface area contributed by atoms with E-state index in [4.69, 9.17) is 17.2 Å². The first-order valence-electron chi connectivity index (χ1n) is 35.0. The van der Waals surface area contributed by atoms with Gasteiger partial charge in [-0.2, -0.15) is 0 Å². The second-order valence-corrected chi connectivity index (χ2v) is 26.6. The molecule has 0 heterocycles. The number of carbonyl (C=O) groups excluding carboxylic acids is 13. The molecule has 16 atom stereocenters. The van der Waals surface area contributed by atoms with Crippen LogP contribution in [-0.4, -0.2) is 251 Å². The minimum atomic E-state index is -2.02. The zero-order valence-electron chi connectivity index (χ0n) is 61.5. The lowest BCUT2D eigenvalue weighted by Gasteiger charge is -2.31. The molecule has 41 heteroatoms. The number of nitrogens with one attached hydrogen (secondary N) is 12. The summed E-state index contributed by atoms with van der Waals surface area (Å²) in [5, 5.41) is 108. The molecule has 0 aromatic heterocycles. The van der Waals surface area contributed by atoms with Crippen LogP contribution < -0.4 is 81.0 Å². The fraction of sp³-hybridized carbons (Fsp3) is 0.642. The molecule has 108 heavy (non-hydrogen) atoms. The van der Waals surface area contributed by atoms with Gasteiger partial charge in [0.15, 0.2) is 0 Å². The van der Waals surface area contributed by atoms with Gasteiger partial charge in [0.05, 0.1) is 43.7 Å². The monoisotopic (exact) mass is 1540 g/mol. The van der Waals surface area contributed by atoms with Crippen LogP contribution in [0, 0.1) is 17.8 Å². The third-order valence-corrected chi connectivity index (χ3v) is 16.9. The fourth-order valence-electron chi connectivity index (χ4n) is 10.4. The quantitative estimate of drug-likeness (QED) is 0.0270. The topological polar surface area (TPSA) is 692 Å². The highest BCUT2D eigenvalue weighted by atomic mass is 16.4. The van der Waals surface area contributed by atoms with Crippen LogP contribution in [0.5, 0.6) is 0 Å². The summed E-state index contributed by atoms with van der Waals surface area (Å²) in [6.45, 7) is 10.1. The lowest BCUT2D eigenvalue weighted by Crippen LogP contribution is -2.62. The van der Waals surface area contributed by atoms with Gasteiger partial charge >= 0.3 is 29.8 Å². The number of carboxylic acids is 5. The number of aliphatic carboxylic acids is 5. The van der Waals surface area contributed by atoms with Gasteiger partial charge in [-0.3, -0.25) is 81.5 Å². The summed E-state index contributed by atoms with van der Waals surface area (Å²) in [5.74, 6) is -24.8. The minimum Gasteiger partial charge on any atom is -0.481 e. The number of amides is 13. The number of aliphatic hydroxyl groups is 3. The van der Waals surface area contributed by atoms with E-state index in [1.165, 1.54) is 41.5 Å². The Bertz CT molecular complexity index is 3270. The summed E-state index contributed by atoms with van der Waals surface area (Å²) in [6.07, 6.45) is -9.84. The normalized spacial score (nSPS) is 15.6. The number of carboxylic acid groups (broad SMARTS) is 5. The van der Waals surface area contributed by atoms with Gasteiger partial charge in [0.2, 0.25) is 76.8 Å². The number of unbranched alkanes of at least 4 members (excludes halogenated alkanes) is 1. The van der Waals surface area contributed by atoms with Crippen molar-refractivity contribution in [2.24, 2.45) is 35.0 Å². The zero-order chi connectivity index (χ0) is 82.4. The Kier molecular flexibility index (Phi) is 43.0. The Labute approximate surface area is 622 Å². The Hall–Kier alpha value is -10.5. The number of hydrogen-bond donors (Lipinski definition) is 23. The third kappa shape index (κ3) is 35.7. The predicted octanol–water partition coefficient (Wildman–Crippen LogP) is -6.58. The molecule has 0 saturated carbocycles. The molecular formula is C67H107N15O26. The van der Waals surface area contributed by atoms with Crippen molar-refractivity contribution in [1.29, 1.82) is 0 Å². The molecule has 0 unspecified atom stereocenters. The molecule has 0 aliphatic carbocycles. The number of hydrogen-bond acceptors (Lipinski definition) is 23. The molecule has 0 fully saturated rings. The predicted molar refractivity (Wildman–Crippen MR) is 377 cm³/mol. The number of aliphatic hydroxyl groups excluding tert-OH is 3. The number of benzene rings is 1. The highest BCUT2D eigenvalue weighted by Crippen LogP contribution is 2.16. The molecule has 0 spiro atoms. The van der Waals surface area contributed by atoms with Gasteiger partial charge in [-0.15, -0.1) is 0 Å². The molecule has 0 aliphatic rings. The summed E-state index contributed by atoms with van der Waals surface area (Å²) < 4.78 is 0.